The van der Waals surface area contributed by atoms with Gasteiger partial charge in [-0.25, -0.2) is 14.6 Å². The van der Waals surface area contributed by atoms with Gasteiger partial charge in [-0.2, -0.15) is 18.3 Å². The molecule has 0 aliphatic heterocycles. The lowest BCUT2D eigenvalue weighted by Gasteiger charge is -2.12. The smallest absolute Gasteiger partial charge is 0.224 e. The second kappa shape index (κ2) is 4.45. The molecule has 0 saturated carbocycles. The molecule has 0 atom stereocenters. The lowest BCUT2D eigenvalue weighted by molar-refractivity contribution is -0.137. The number of hydrogen-bond acceptors (Lipinski definition) is 3. The molecule has 0 spiro atoms. The summed E-state index contributed by atoms with van der Waals surface area (Å²) in [7, 11) is 0. The zero-order chi connectivity index (χ0) is 14.3. The first-order valence-electron chi connectivity index (χ1n) is 5.49. The van der Waals surface area contributed by atoms with E-state index < -0.39 is 11.7 Å². The van der Waals surface area contributed by atoms with E-state index in [0.717, 1.165) is 10.7 Å². The molecule has 0 bridgehead atoms. The Bertz CT molecular complexity index is 782. The predicted molar refractivity (Wildman–Crippen MR) is 66.7 cm³/mol. The molecule has 0 fully saturated rings. The Morgan fingerprint density at radius 2 is 1.85 bits per heavy atom. The SMILES string of the molecule is FC(F)(F)c1ccccc1-n1ncc2c(Cl)ncnc21. The first-order valence-corrected chi connectivity index (χ1v) is 5.87. The molecule has 102 valence electrons. The van der Waals surface area contributed by atoms with Crippen molar-refractivity contribution in [3.8, 4) is 5.69 Å². The summed E-state index contributed by atoms with van der Waals surface area (Å²) < 4.78 is 40.2. The second-order valence-corrected chi connectivity index (χ2v) is 4.33. The number of nitrogens with zero attached hydrogens (tertiary/aromatic N) is 4. The summed E-state index contributed by atoms with van der Waals surface area (Å²) in [5.74, 6) is 0. The van der Waals surface area contributed by atoms with E-state index in [1.807, 2.05) is 0 Å². The van der Waals surface area contributed by atoms with Gasteiger partial charge in [-0.05, 0) is 12.1 Å². The molecule has 4 nitrogen and oxygen atoms in total. The molecule has 20 heavy (non-hydrogen) atoms. The molecular formula is C12H6ClF3N4. The van der Waals surface area contributed by atoms with Gasteiger partial charge in [-0.15, -0.1) is 0 Å². The summed E-state index contributed by atoms with van der Waals surface area (Å²) in [6, 6.07) is 5.14. The van der Waals surface area contributed by atoms with Crippen LogP contribution in [0.2, 0.25) is 5.15 Å². The van der Waals surface area contributed by atoms with Crippen molar-refractivity contribution in [2.45, 2.75) is 6.18 Å². The van der Waals surface area contributed by atoms with Crippen molar-refractivity contribution in [3.63, 3.8) is 0 Å². The van der Waals surface area contributed by atoms with E-state index in [1.54, 1.807) is 0 Å². The molecule has 2 aromatic heterocycles. The van der Waals surface area contributed by atoms with Crippen LogP contribution in [0, 0.1) is 0 Å². The van der Waals surface area contributed by atoms with Gasteiger partial charge in [0.2, 0.25) is 0 Å². The van der Waals surface area contributed by atoms with Crippen LogP contribution in [0.4, 0.5) is 13.2 Å². The standard InChI is InChI=1S/C12H6ClF3N4/c13-10-7-5-19-20(11(7)18-6-17-10)9-4-2-1-3-8(9)12(14,15)16/h1-6H. The molecule has 0 aliphatic carbocycles. The van der Waals surface area contributed by atoms with E-state index in [4.69, 9.17) is 11.6 Å². The van der Waals surface area contributed by atoms with Crippen LogP contribution in [-0.4, -0.2) is 19.7 Å². The highest BCUT2D eigenvalue weighted by atomic mass is 35.5. The average molecular weight is 299 g/mol. The Hall–Kier alpha value is -2.15. The summed E-state index contributed by atoms with van der Waals surface area (Å²) in [4.78, 5) is 7.70. The van der Waals surface area contributed by atoms with Crippen LogP contribution >= 0.6 is 11.6 Å². The van der Waals surface area contributed by atoms with Crippen molar-refractivity contribution in [1.29, 1.82) is 0 Å². The first kappa shape index (κ1) is 12.9. The minimum absolute atomic E-state index is 0.107. The molecule has 1 aromatic carbocycles. The number of halogens is 4. The molecule has 0 aliphatic rings. The van der Waals surface area contributed by atoms with E-state index >= 15 is 0 Å². The van der Waals surface area contributed by atoms with Crippen LogP contribution in [-0.2, 0) is 6.18 Å². The number of benzene rings is 1. The summed E-state index contributed by atoms with van der Waals surface area (Å²) in [5.41, 5.74) is -0.675. The van der Waals surface area contributed by atoms with Crippen molar-refractivity contribution in [2.75, 3.05) is 0 Å². The Morgan fingerprint density at radius 1 is 1.10 bits per heavy atom. The fraction of sp³-hybridized carbons (Fsp3) is 0.0833. The highest BCUT2D eigenvalue weighted by Crippen LogP contribution is 2.34. The highest BCUT2D eigenvalue weighted by Gasteiger charge is 2.34. The van der Waals surface area contributed by atoms with Crippen LogP contribution in [0.15, 0.2) is 36.8 Å². The molecule has 0 saturated heterocycles. The Morgan fingerprint density at radius 3 is 2.60 bits per heavy atom. The number of para-hydroxylation sites is 1. The minimum atomic E-state index is -4.48. The van der Waals surface area contributed by atoms with Crippen LogP contribution in [0.25, 0.3) is 16.7 Å². The van der Waals surface area contributed by atoms with E-state index in [-0.39, 0.29) is 16.5 Å². The van der Waals surface area contributed by atoms with Gasteiger partial charge in [0.1, 0.15) is 11.5 Å². The third-order valence-electron chi connectivity index (χ3n) is 2.75. The number of alkyl halides is 3. The van der Waals surface area contributed by atoms with Crippen molar-refractivity contribution in [3.05, 3.63) is 47.5 Å². The van der Waals surface area contributed by atoms with Gasteiger partial charge in [-0.3, -0.25) is 0 Å². The summed E-state index contributed by atoms with van der Waals surface area (Å²) in [5, 5.41) is 4.47. The van der Waals surface area contributed by atoms with E-state index in [9.17, 15) is 13.2 Å². The van der Waals surface area contributed by atoms with Gasteiger partial charge in [0, 0.05) is 0 Å². The van der Waals surface area contributed by atoms with Crippen molar-refractivity contribution < 1.29 is 13.2 Å². The lowest BCUT2D eigenvalue weighted by Crippen LogP contribution is -2.11. The van der Waals surface area contributed by atoms with Crippen molar-refractivity contribution in [1.82, 2.24) is 19.7 Å². The van der Waals surface area contributed by atoms with Gasteiger partial charge in [0.05, 0.1) is 22.8 Å². The fourth-order valence-electron chi connectivity index (χ4n) is 1.89. The van der Waals surface area contributed by atoms with Crippen molar-refractivity contribution >= 4 is 22.6 Å². The summed E-state index contributed by atoms with van der Waals surface area (Å²) in [6.07, 6.45) is -1.96. The normalized spacial score (nSPS) is 12.0. The third-order valence-corrected chi connectivity index (χ3v) is 3.06. The monoisotopic (exact) mass is 298 g/mol. The van der Waals surface area contributed by atoms with Gasteiger partial charge < -0.3 is 0 Å². The zero-order valence-corrected chi connectivity index (χ0v) is 10.5. The topological polar surface area (TPSA) is 43.6 Å². The van der Waals surface area contributed by atoms with Crippen LogP contribution in [0.3, 0.4) is 0 Å². The number of fused-ring (bicyclic) bond motifs is 1. The van der Waals surface area contributed by atoms with Gasteiger partial charge >= 0.3 is 6.18 Å². The molecule has 8 heteroatoms. The predicted octanol–water partition coefficient (Wildman–Crippen LogP) is 3.49. The first-order chi connectivity index (χ1) is 9.48. The van der Waals surface area contributed by atoms with Crippen LogP contribution in [0.1, 0.15) is 5.56 Å². The zero-order valence-electron chi connectivity index (χ0n) is 9.76. The maximum atomic E-state index is 13.0. The third kappa shape index (κ3) is 2.00. The maximum Gasteiger partial charge on any atom is 0.418 e. The van der Waals surface area contributed by atoms with Crippen LogP contribution in [0.5, 0.6) is 0 Å². The lowest BCUT2D eigenvalue weighted by atomic mass is 10.1. The number of aromatic nitrogens is 4. The molecule has 3 rings (SSSR count). The van der Waals surface area contributed by atoms with Gasteiger partial charge in [0.15, 0.2) is 5.65 Å². The van der Waals surface area contributed by atoms with E-state index in [0.29, 0.717) is 5.39 Å². The van der Waals surface area contributed by atoms with Crippen molar-refractivity contribution in [2.24, 2.45) is 0 Å². The average Bonchev–Trinajstić information content (AvgIpc) is 2.83. The molecular weight excluding hydrogens is 293 g/mol. The number of rotatable bonds is 1. The Balaban J connectivity index is 2.30. The molecule has 2 heterocycles. The molecule has 0 radical (unpaired) electrons. The summed E-state index contributed by atoms with van der Waals surface area (Å²) >= 11 is 5.86. The quantitative estimate of drug-likeness (QED) is 0.646. The van der Waals surface area contributed by atoms with Gasteiger partial charge in [-0.1, -0.05) is 23.7 Å². The fourth-order valence-corrected chi connectivity index (χ4v) is 2.07. The number of hydrogen-bond donors (Lipinski definition) is 0. The Labute approximate surface area is 115 Å². The molecule has 0 amide bonds. The summed E-state index contributed by atoms with van der Waals surface area (Å²) in [6.45, 7) is 0. The van der Waals surface area contributed by atoms with E-state index in [2.05, 4.69) is 15.1 Å². The molecule has 0 unspecified atom stereocenters. The largest absolute Gasteiger partial charge is 0.418 e. The second-order valence-electron chi connectivity index (χ2n) is 3.97. The highest BCUT2D eigenvalue weighted by molar-refractivity contribution is 6.33. The van der Waals surface area contributed by atoms with Crippen LogP contribution < -0.4 is 0 Å². The maximum absolute atomic E-state index is 13.0. The molecule has 3 aromatic rings. The van der Waals surface area contributed by atoms with E-state index in [1.165, 1.54) is 30.7 Å². The van der Waals surface area contributed by atoms with Gasteiger partial charge in [0.25, 0.3) is 0 Å². The molecule has 0 N–H and O–H groups in total. The Kier molecular flexibility index (Phi) is 2.86. The minimum Gasteiger partial charge on any atom is -0.224 e.